The number of hydrogen-bond donors (Lipinski definition) is 3. The summed E-state index contributed by atoms with van der Waals surface area (Å²) in [5.41, 5.74) is 1.94. The van der Waals surface area contributed by atoms with E-state index in [1.807, 2.05) is 27.7 Å². The van der Waals surface area contributed by atoms with Gasteiger partial charge in [0.25, 0.3) is 5.91 Å². The largest absolute Gasteiger partial charge is 0.491 e. The Morgan fingerprint density at radius 3 is 2.39 bits per heavy atom. The maximum absolute atomic E-state index is 13.2. The Labute approximate surface area is 221 Å². The van der Waals surface area contributed by atoms with E-state index in [9.17, 15) is 14.4 Å². The Bertz CT molecular complexity index is 1190. The number of pyridine rings is 1. The summed E-state index contributed by atoms with van der Waals surface area (Å²) in [6.07, 6.45) is -0.590. The first kappa shape index (κ1) is 28.8. The number of rotatable bonds is 7. The molecule has 0 unspecified atom stereocenters. The van der Waals surface area contributed by atoms with E-state index in [0.717, 1.165) is 0 Å². The third-order valence-corrected chi connectivity index (χ3v) is 5.56. The lowest BCUT2D eigenvalue weighted by Crippen LogP contribution is -2.31. The number of amides is 2. The number of nitrogens with zero attached hydrogens (tertiary/aromatic N) is 2. The number of carbonyl (C=O) groups is 3. The second-order valence-corrected chi connectivity index (χ2v) is 9.08. The van der Waals surface area contributed by atoms with Crippen LogP contribution in [0.4, 0.5) is 4.79 Å². The number of ketones is 1. The molecule has 1 aliphatic rings. The van der Waals surface area contributed by atoms with Crippen molar-refractivity contribution in [3.63, 3.8) is 0 Å². The van der Waals surface area contributed by atoms with E-state index in [-0.39, 0.29) is 46.3 Å². The van der Waals surface area contributed by atoms with Crippen LogP contribution in [0.3, 0.4) is 0 Å². The van der Waals surface area contributed by atoms with Crippen molar-refractivity contribution in [1.82, 2.24) is 20.5 Å². The van der Waals surface area contributed by atoms with Crippen molar-refractivity contribution in [1.29, 1.82) is 5.41 Å². The number of aromatic nitrogens is 1. The molecule has 0 saturated carbocycles. The Balaban J connectivity index is 0.00000456. The number of halogens is 1. The molecule has 0 radical (unpaired) electrons. The van der Waals surface area contributed by atoms with Gasteiger partial charge >= 0.3 is 6.09 Å². The summed E-state index contributed by atoms with van der Waals surface area (Å²) >= 11 is 0. The van der Waals surface area contributed by atoms with Crippen molar-refractivity contribution in [3.8, 4) is 11.5 Å². The molecule has 2 amide bonds. The smallest absolute Gasteiger partial charge is 0.412 e. The van der Waals surface area contributed by atoms with Crippen LogP contribution >= 0.6 is 17.0 Å². The highest BCUT2D eigenvalue weighted by molar-refractivity contribution is 8.93. The van der Waals surface area contributed by atoms with Crippen LogP contribution in [-0.2, 0) is 12.0 Å². The van der Waals surface area contributed by atoms with Crippen molar-refractivity contribution in [2.24, 2.45) is 0 Å². The van der Waals surface area contributed by atoms with Crippen LogP contribution in [0.1, 0.15) is 65.4 Å². The summed E-state index contributed by atoms with van der Waals surface area (Å²) < 4.78 is 10.9. The van der Waals surface area contributed by atoms with Gasteiger partial charge in [0.2, 0.25) is 0 Å². The number of ether oxygens (including phenoxy) is 2. The minimum Gasteiger partial charge on any atom is -0.491 e. The van der Waals surface area contributed by atoms with Gasteiger partial charge in [-0.3, -0.25) is 15.0 Å². The lowest BCUT2D eigenvalue weighted by atomic mass is 9.85. The maximum Gasteiger partial charge on any atom is 0.412 e. The Morgan fingerprint density at radius 2 is 1.81 bits per heavy atom. The monoisotopic (exact) mass is 561 g/mol. The Hall–Kier alpha value is -3.47. The molecule has 36 heavy (non-hydrogen) atoms. The minimum atomic E-state index is -0.590. The number of amidine groups is 1. The van der Waals surface area contributed by atoms with Crippen LogP contribution in [0.15, 0.2) is 24.3 Å². The van der Waals surface area contributed by atoms with Crippen molar-refractivity contribution < 1.29 is 23.9 Å². The third-order valence-electron chi connectivity index (χ3n) is 5.56. The second-order valence-electron chi connectivity index (χ2n) is 9.08. The van der Waals surface area contributed by atoms with Crippen LogP contribution in [-0.4, -0.2) is 60.8 Å². The van der Waals surface area contributed by atoms with Crippen LogP contribution in [0.2, 0.25) is 0 Å². The molecule has 0 spiro atoms. The van der Waals surface area contributed by atoms with E-state index in [0.29, 0.717) is 47.0 Å². The summed E-state index contributed by atoms with van der Waals surface area (Å²) in [7, 11) is 2.98. The number of carbonyl (C=O) groups excluding carboxylic acids is 3. The maximum atomic E-state index is 13.2. The topological polar surface area (TPSA) is 134 Å². The van der Waals surface area contributed by atoms with Gasteiger partial charge in [-0.15, -0.1) is 17.0 Å². The van der Waals surface area contributed by atoms with Gasteiger partial charge < -0.3 is 25.0 Å². The Morgan fingerprint density at radius 1 is 1.11 bits per heavy atom. The zero-order chi connectivity index (χ0) is 25.9. The fourth-order valence-electron chi connectivity index (χ4n) is 3.77. The van der Waals surface area contributed by atoms with Crippen LogP contribution in [0, 0.1) is 5.41 Å². The second kappa shape index (κ2) is 11.5. The average molecular weight is 562 g/mol. The van der Waals surface area contributed by atoms with Gasteiger partial charge in [0, 0.05) is 37.3 Å². The van der Waals surface area contributed by atoms with E-state index in [1.54, 1.807) is 29.2 Å². The first-order valence-electron chi connectivity index (χ1n) is 11.3. The molecule has 0 bridgehead atoms. The van der Waals surface area contributed by atoms with E-state index in [2.05, 4.69) is 15.6 Å². The molecule has 1 aliphatic heterocycles. The zero-order valence-corrected chi connectivity index (χ0v) is 23.0. The predicted molar refractivity (Wildman–Crippen MR) is 141 cm³/mol. The molecule has 3 N–H and O–H groups in total. The van der Waals surface area contributed by atoms with Crippen molar-refractivity contribution in [2.75, 3.05) is 27.2 Å². The summed E-state index contributed by atoms with van der Waals surface area (Å²) in [6.45, 7) is 8.31. The molecule has 0 fully saturated rings. The molecule has 2 aromatic rings. The van der Waals surface area contributed by atoms with Crippen LogP contribution < -0.4 is 20.1 Å². The average Bonchev–Trinajstić information content (AvgIpc) is 3.11. The highest BCUT2D eigenvalue weighted by Crippen LogP contribution is 2.33. The highest BCUT2D eigenvalue weighted by atomic mass is 79.9. The molecule has 0 saturated heterocycles. The normalized spacial score (nSPS) is 12.4. The summed E-state index contributed by atoms with van der Waals surface area (Å²) in [5.74, 6) is 0.179. The molecule has 10 nitrogen and oxygen atoms in total. The van der Waals surface area contributed by atoms with Gasteiger partial charge in [0.1, 0.15) is 17.3 Å². The van der Waals surface area contributed by atoms with Crippen molar-refractivity contribution in [3.05, 3.63) is 52.3 Å². The zero-order valence-electron chi connectivity index (χ0n) is 21.3. The first-order chi connectivity index (χ1) is 16.5. The quantitative estimate of drug-likeness (QED) is 0.440. The molecule has 11 heteroatoms. The molecular weight excluding hydrogens is 530 g/mol. The third kappa shape index (κ3) is 6.01. The van der Waals surface area contributed by atoms with Gasteiger partial charge in [0.05, 0.1) is 13.2 Å². The minimum absolute atomic E-state index is 0. The molecule has 1 aromatic heterocycles. The molecular formula is C25H32BrN5O5. The van der Waals surface area contributed by atoms with Crippen molar-refractivity contribution in [2.45, 2.75) is 39.7 Å². The van der Waals surface area contributed by atoms with E-state index >= 15 is 0 Å². The van der Waals surface area contributed by atoms with E-state index in [1.165, 1.54) is 14.1 Å². The molecule has 3 rings (SSSR count). The van der Waals surface area contributed by atoms with Gasteiger partial charge in [-0.2, -0.15) is 0 Å². The van der Waals surface area contributed by atoms with Gasteiger partial charge in [0.15, 0.2) is 17.2 Å². The van der Waals surface area contributed by atoms with Crippen molar-refractivity contribution >= 4 is 40.6 Å². The summed E-state index contributed by atoms with van der Waals surface area (Å²) in [4.78, 5) is 43.2. The number of hydrogen-bond acceptors (Lipinski definition) is 7. The molecule has 2 heterocycles. The van der Waals surface area contributed by atoms with E-state index < -0.39 is 12.0 Å². The highest BCUT2D eigenvalue weighted by Gasteiger charge is 2.31. The standard InChI is InChI=1S/C25H31N5O5.BrH/c1-7-34-19-11-15-12-30(22(26)20(15)29-21(19)23(32)27-5)13-17(31)14-8-9-18(35-24(33)28-6)16(10-14)25(2,3)4;/h8-11,26H,7,12-13H2,1-6H3,(H,27,32)(H,28,33);1H. The number of fused-ring (bicyclic) bond motifs is 1. The lowest BCUT2D eigenvalue weighted by Gasteiger charge is -2.23. The fourth-order valence-corrected chi connectivity index (χ4v) is 3.77. The van der Waals surface area contributed by atoms with Crippen LogP contribution in [0.5, 0.6) is 11.5 Å². The summed E-state index contributed by atoms with van der Waals surface area (Å²) in [6, 6.07) is 6.65. The van der Waals surface area contributed by atoms with E-state index in [4.69, 9.17) is 14.9 Å². The molecule has 194 valence electrons. The van der Waals surface area contributed by atoms with Gasteiger partial charge in [-0.1, -0.05) is 20.8 Å². The predicted octanol–water partition coefficient (Wildman–Crippen LogP) is 3.46. The van der Waals surface area contributed by atoms with Gasteiger partial charge in [-0.05, 0) is 36.6 Å². The number of Topliss-reactive ketones (excluding diaryl/α,β-unsaturated/α-hetero) is 1. The molecule has 0 atom stereocenters. The first-order valence-corrected chi connectivity index (χ1v) is 11.3. The summed E-state index contributed by atoms with van der Waals surface area (Å²) in [5, 5.41) is 13.5. The van der Waals surface area contributed by atoms with Crippen LogP contribution in [0.25, 0.3) is 0 Å². The molecule has 1 aromatic carbocycles. The van der Waals surface area contributed by atoms with Gasteiger partial charge in [-0.25, -0.2) is 9.78 Å². The molecule has 0 aliphatic carbocycles. The fraction of sp³-hybridized carbons (Fsp3) is 0.400. The number of nitrogens with one attached hydrogen (secondary N) is 3. The lowest BCUT2D eigenvalue weighted by molar-refractivity contribution is 0.0949. The number of benzene rings is 1. The Kier molecular flexibility index (Phi) is 9.20. The SMILES string of the molecule is Br.CCOc1cc2c(nc1C(=O)NC)C(=N)N(CC(=O)c1ccc(OC(=O)NC)c(C(C)(C)C)c1)C2.